The minimum absolute atomic E-state index is 0.586. The molecule has 160 valence electrons. The molecule has 0 amide bonds. The molecular weight excluding hydrogens is 394 g/mol. The Bertz CT molecular complexity index is 1230. The number of terminal acetylenes is 1. The van der Waals surface area contributed by atoms with Gasteiger partial charge in [-0.2, -0.15) is 0 Å². The highest BCUT2D eigenvalue weighted by molar-refractivity contribution is 5.79. The number of allylic oxidation sites excluding steroid dienone is 1. The number of nitrogen functional groups attached to an aromatic ring is 1. The van der Waals surface area contributed by atoms with Gasteiger partial charge in [0.25, 0.3) is 0 Å². The van der Waals surface area contributed by atoms with Crippen LogP contribution in [0.15, 0.2) is 73.5 Å². The summed E-state index contributed by atoms with van der Waals surface area (Å²) in [6.45, 7) is 4.20. The van der Waals surface area contributed by atoms with E-state index in [4.69, 9.17) is 5.73 Å². The fourth-order valence-corrected chi connectivity index (χ4v) is 3.98. The van der Waals surface area contributed by atoms with Gasteiger partial charge in [0.15, 0.2) is 0 Å². The van der Waals surface area contributed by atoms with Crippen LogP contribution in [0.4, 0.5) is 11.4 Å². The van der Waals surface area contributed by atoms with Gasteiger partial charge in [0, 0.05) is 58.6 Å². The second kappa shape index (κ2) is 9.40. The van der Waals surface area contributed by atoms with E-state index in [0.717, 1.165) is 56.8 Å². The molecule has 5 rings (SSSR count). The highest BCUT2D eigenvalue weighted by atomic mass is 14.9. The molecule has 32 heavy (non-hydrogen) atoms. The fraction of sp³-hybridized carbons (Fsp3) is 0.185. The quantitative estimate of drug-likeness (QED) is 0.273. The maximum atomic E-state index is 6.29. The van der Waals surface area contributed by atoms with E-state index < -0.39 is 0 Å². The number of hydrogen-bond donors (Lipinski definition) is 3. The molecule has 3 heterocycles. The molecule has 0 unspecified atom stereocenters. The van der Waals surface area contributed by atoms with Crippen molar-refractivity contribution in [2.45, 2.75) is 25.7 Å². The first kappa shape index (κ1) is 21.2. The minimum Gasteiger partial charge on any atom is -0.398 e. The zero-order valence-corrected chi connectivity index (χ0v) is 18.0. The first-order valence-corrected chi connectivity index (χ1v) is 10.7. The van der Waals surface area contributed by atoms with Crippen molar-refractivity contribution in [1.82, 2.24) is 15.0 Å². The van der Waals surface area contributed by atoms with Crippen molar-refractivity contribution in [2.75, 3.05) is 11.1 Å². The summed E-state index contributed by atoms with van der Waals surface area (Å²) < 4.78 is 0. The van der Waals surface area contributed by atoms with Crippen LogP contribution < -0.4 is 11.1 Å². The molecule has 5 nitrogen and oxygen atoms in total. The molecule has 4 aromatic rings. The molecule has 0 spiro atoms. The van der Waals surface area contributed by atoms with Crippen LogP contribution in [0.5, 0.6) is 0 Å². The van der Waals surface area contributed by atoms with Crippen LogP contribution in [0, 0.1) is 18.8 Å². The average molecular weight is 422 g/mol. The standard InChI is InChI=1S/C25H25N5.C2H2/c1-16(17-3-2-4-17)29-23-11-20(13-28-15-23)18-5-6-24(26)19(9-18)10-22-12-21-14-27-8-7-25(21)30-22;1-2/h5-9,11-15,17,29-30H,1-4,10,26H2;1-2H. The molecule has 5 heteroatoms. The van der Waals surface area contributed by atoms with E-state index in [9.17, 15) is 0 Å². The lowest BCUT2D eigenvalue weighted by molar-refractivity contribution is 0.371. The lowest BCUT2D eigenvalue weighted by Gasteiger charge is -2.28. The van der Waals surface area contributed by atoms with E-state index in [1.165, 1.54) is 19.3 Å². The summed E-state index contributed by atoms with van der Waals surface area (Å²) in [6, 6.07) is 12.4. The Labute approximate surface area is 188 Å². The SMILES string of the molecule is C#C.C=C(Nc1cncc(-c2ccc(N)c(Cc3cc4cnccc4[nH]3)c2)c1)C1CCC1. The summed E-state index contributed by atoms with van der Waals surface area (Å²) in [5, 5.41) is 4.55. The summed E-state index contributed by atoms with van der Waals surface area (Å²) in [5.74, 6) is 0.586. The van der Waals surface area contributed by atoms with Crippen LogP contribution in [-0.4, -0.2) is 15.0 Å². The number of aromatic nitrogens is 3. The number of nitrogens with one attached hydrogen (secondary N) is 2. The van der Waals surface area contributed by atoms with Crippen LogP contribution in [0.3, 0.4) is 0 Å². The Morgan fingerprint density at radius 2 is 1.91 bits per heavy atom. The van der Waals surface area contributed by atoms with E-state index in [2.05, 4.69) is 64.0 Å². The number of fused-ring (bicyclic) bond motifs is 1. The predicted molar refractivity (Wildman–Crippen MR) is 133 cm³/mol. The maximum Gasteiger partial charge on any atom is 0.0574 e. The number of rotatable bonds is 6. The molecular formula is C27H27N5. The molecule has 1 saturated carbocycles. The van der Waals surface area contributed by atoms with E-state index in [1.54, 1.807) is 6.20 Å². The van der Waals surface area contributed by atoms with Crippen LogP contribution >= 0.6 is 0 Å². The number of aromatic amines is 1. The Morgan fingerprint density at radius 1 is 1.06 bits per heavy atom. The molecule has 0 atom stereocenters. The predicted octanol–water partition coefficient (Wildman–Crippen LogP) is 5.77. The van der Waals surface area contributed by atoms with Gasteiger partial charge in [0.2, 0.25) is 0 Å². The third-order valence-electron chi connectivity index (χ3n) is 5.98. The van der Waals surface area contributed by atoms with Crippen LogP contribution in [0.2, 0.25) is 0 Å². The zero-order chi connectivity index (χ0) is 22.5. The first-order chi connectivity index (χ1) is 15.7. The second-order valence-electron chi connectivity index (χ2n) is 8.09. The normalized spacial score (nSPS) is 13.1. The van der Waals surface area contributed by atoms with Crippen molar-refractivity contribution in [2.24, 2.45) is 5.92 Å². The summed E-state index contributed by atoms with van der Waals surface area (Å²) in [7, 11) is 0. The van der Waals surface area contributed by atoms with Crippen LogP contribution in [-0.2, 0) is 6.42 Å². The summed E-state index contributed by atoms with van der Waals surface area (Å²) >= 11 is 0. The molecule has 0 saturated heterocycles. The number of benzene rings is 1. The topological polar surface area (TPSA) is 79.6 Å². The van der Waals surface area contributed by atoms with E-state index in [-0.39, 0.29) is 0 Å². The summed E-state index contributed by atoms with van der Waals surface area (Å²) in [6.07, 6.45) is 19.9. The van der Waals surface area contributed by atoms with Gasteiger partial charge in [0.05, 0.1) is 11.9 Å². The second-order valence-corrected chi connectivity index (χ2v) is 8.09. The maximum absolute atomic E-state index is 6.29. The monoisotopic (exact) mass is 421 g/mol. The highest BCUT2D eigenvalue weighted by Crippen LogP contribution is 2.33. The molecule has 4 N–H and O–H groups in total. The largest absolute Gasteiger partial charge is 0.398 e. The smallest absolute Gasteiger partial charge is 0.0574 e. The Hall–Kier alpha value is -4.04. The summed E-state index contributed by atoms with van der Waals surface area (Å²) in [5.41, 5.74) is 14.6. The Balaban J connectivity index is 0.00000119. The lowest BCUT2D eigenvalue weighted by atomic mass is 9.83. The number of anilines is 2. The third kappa shape index (κ3) is 4.50. The highest BCUT2D eigenvalue weighted by Gasteiger charge is 2.20. The van der Waals surface area contributed by atoms with Gasteiger partial charge in [-0.3, -0.25) is 9.97 Å². The molecule has 1 aromatic carbocycles. The van der Waals surface area contributed by atoms with Gasteiger partial charge in [0.1, 0.15) is 0 Å². The van der Waals surface area contributed by atoms with Gasteiger partial charge in [-0.1, -0.05) is 19.1 Å². The van der Waals surface area contributed by atoms with Crippen molar-refractivity contribution in [1.29, 1.82) is 0 Å². The average Bonchev–Trinajstić information content (AvgIpc) is 3.18. The number of nitrogens with two attached hydrogens (primary N) is 1. The molecule has 1 fully saturated rings. The number of H-pyrrole nitrogens is 1. The number of hydrogen-bond acceptors (Lipinski definition) is 4. The molecule has 0 aliphatic heterocycles. The minimum atomic E-state index is 0.586. The van der Waals surface area contributed by atoms with Gasteiger partial charge in [-0.05, 0) is 60.2 Å². The van der Waals surface area contributed by atoms with Crippen LogP contribution in [0.25, 0.3) is 22.0 Å². The first-order valence-electron chi connectivity index (χ1n) is 10.7. The number of pyridine rings is 2. The van der Waals surface area contributed by atoms with E-state index in [0.29, 0.717) is 5.92 Å². The van der Waals surface area contributed by atoms with Crippen molar-refractivity contribution in [3.8, 4) is 24.0 Å². The molecule has 0 bridgehead atoms. The van der Waals surface area contributed by atoms with Crippen LogP contribution in [0.1, 0.15) is 30.5 Å². The van der Waals surface area contributed by atoms with Crippen molar-refractivity contribution >= 4 is 22.3 Å². The van der Waals surface area contributed by atoms with Gasteiger partial charge in [-0.15, -0.1) is 12.8 Å². The molecule has 1 aliphatic rings. The lowest BCUT2D eigenvalue weighted by Crippen LogP contribution is -2.18. The zero-order valence-electron chi connectivity index (χ0n) is 18.0. The number of nitrogens with zero attached hydrogens (tertiary/aromatic N) is 2. The van der Waals surface area contributed by atoms with Crippen molar-refractivity contribution in [3.05, 3.63) is 84.7 Å². The molecule has 0 radical (unpaired) electrons. The van der Waals surface area contributed by atoms with E-state index in [1.807, 2.05) is 30.7 Å². The summed E-state index contributed by atoms with van der Waals surface area (Å²) in [4.78, 5) is 12.1. The van der Waals surface area contributed by atoms with Gasteiger partial charge < -0.3 is 16.0 Å². The van der Waals surface area contributed by atoms with E-state index >= 15 is 0 Å². The van der Waals surface area contributed by atoms with Gasteiger partial charge in [-0.25, -0.2) is 0 Å². The van der Waals surface area contributed by atoms with Crippen molar-refractivity contribution in [3.63, 3.8) is 0 Å². The molecule has 3 aromatic heterocycles. The fourth-order valence-electron chi connectivity index (χ4n) is 3.98. The third-order valence-corrected chi connectivity index (χ3v) is 5.98. The van der Waals surface area contributed by atoms with Gasteiger partial charge >= 0.3 is 0 Å². The Morgan fingerprint density at radius 3 is 2.66 bits per heavy atom. The Kier molecular flexibility index (Phi) is 6.23. The van der Waals surface area contributed by atoms with Crippen molar-refractivity contribution < 1.29 is 0 Å². The molecule has 1 aliphatic carbocycles.